The molecule has 0 fully saturated rings. The van der Waals surface area contributed by atoms with E-state index in [1.807, 2.05) is 0 Å². The Kier molecular flexibility index (Phi) is 11.5. The van der Waals surface area contributed by atoms with Crippen LogP contribution in [-0.4, -0.2) is 20.8 Å². The van der Waals surface area contributed by atoms with Crippen molar-refractivity contribution in [2.45, 2.75) is 77.1 Å². The number of nitrogens with zero attached hydrogens (tertiary/aromatic N) is 1. The Morgan fingerprint density at radius 2 is 1.78 bits per heavy atom. The minimum absolute atomic E-state index is 1.03. The molecule has 0 saturated carbocycles. The second-order valence-electron chi connectivity index (χ2n) is 5.39. The van der Waals surface area contributed by atoms with Crippen molar-refractivity contribution in [3.05, 3.63) is 12.7 Å². The third kappa shape index (κ3) is 7.86. The standard InChI is InChI=1S/C16H33NSi/c1-5-9-10-11-13-17-14-12-16-18(7-3,8-4)15-6-2/h6,14H,2,5,7-13,15-16H2,1,3-4H3. The number of allylic oxidation sites excluding steroid dienone is 1. The molecule has 0 radical (unpaired) electrons. The molecule has 1 nitrogen and oxygen atoms in total. The first-order chi connectivity index (χ1) is 8.74. The van der Waals surface area contributed by atoms with Gasteiger partial charge in [-0.3, -0.25) is 4.99 Å². The van der Waals surface area contributed by atoms with Crippen molar-refractivity contribution in [1.82, 2.24) is 0 Å². The molecule has 0 atom stereocenters. The summed E-state index contributed by atoms with van der Waals surface area (Å²) in [7, 11) is -1.03. The molecule has 18 heavy (non-hydrogen) atoms. The van der Waals surface area contributed by atoms with Crippen LogP contribution in [0.1, 0.15) is 52.9 Å². The van der Waals surface area contributed by atoms with Gasteiger partial charge in [-0.2, -0.15) is 0 Å². The summed E-state index contributed by atoms with van der Waals surface area (Å²) in [6.07, 6.45) is 10.8. The first-order valence-corrected chi connectivity index (χ1v) is 10.7. The van der Waals surface area contributed by atoms with Gasteiger partial charge in [0, 0.05) is 6.54 Å². The van der Waals surface area contributed by atoms with Crippen molar-refractivity contribution >= 4 is 14.3 Å². The Morgan fingerprint density at radius 3 is 2.33 bits per heavy atom. The van der Waals surface area contributed by atoms with E-state index in [0.717, 1.165) is 6.54 Å². The summed E-state index contributed by atoms with van der Waals surface area (Å²) >= 11 is 0. The zero-order valence-electron chi connectivity index (χ0n) is 12.9. The highest BCUT2D eigenvalue weighted by atomic mass is 28.3. The molecule has 0 aliphatic heterocycles. The molecule has 2 heteroatoms. The first-order valence-electron chi connectivity index (χ1n) is 7.83. The van der Waals surface area contributed by atoms with Crippen molar-refractivity contribution in [2.75, 3.05) is 6.54 Å². The van der Waals surface area contributed by atoms with Crippen molar-refractivity contribution in [3.63, 3.8) is 0 Å². The van der Waals surface area contributed by atoms with Gasteiger partial charge in [-0.15, -0.1) is 6.58 Å². The zero-order valence-corrected chi connectivity index (χ0v) is 13.9. The SMILES string of the molecule is C=CC[Si](CC)(CC)CCC=NCCCCCC. The van der Waals surface area contributed by atoms with E-state index in [0.29, 0.717) is 0 Å². The lowest BCUT2D eigenvalue weighted by Crippen LogP contribution is -2.31. The monoisotopic (exact) mass is 267 g/mol. The van der Waals surface area contributed by atoms with Crippen LogP contribution in [0.3, 0.4) is 0 Å². The van der Waals surface area contributed by atoms with Gasteiger partial charge in [-0.25, -0.2) is 0 Å². The second-order valence-corrected chi connectivity index (χ2v) is 10.7. The van der Waals surface area contributed by atoms with Crippen LogP contribution < -0.4 is 0 Å². The third-order valence-electron chi connectivity index (χ3n) is 4.15. The fraction of sp³-hybridized carbons (Fsp3) is 0.812. The van der Waals surface area contributed by atoms with Crippen LogP contribution in [0.25, 0.3) is 0 Å². The van der Waals surface area contributed by atoms with Gasteiger partial charge in [0.15, 0.2) is 0 Å². The number of rotatable bonds is 12. The lowest BCUT2D eigenvalue weighted by molar-refractivity contribution is 0.675. The lowest BCUT2D eigenvalue weighted by atomic mass is 10.2. The summed E-state index contributed by atoms with van der Waals surface area (Å²) in [5.74, 6) is 0. The maximum absolute atomic E-state index is 4.55. The topological polar surface area (TPSA) is 12.4 Å². The van der Waals surface area contributed by atoms with Crippen molar-refractivity contribution in [1.29, 1.82) is 0 Å². The van der Waals surface area contributed by atoms with Gasteiger partial charge in [0.25, 0.3) is 0 Å². The molecule has 0 aliphatic rings. The van der Waals surface area contributed by atoms with Crippen molar-refractivity contribution < 1.29 is 0 Å². The number of unbranched alkanes of at least 4 members (excludes halogenated alkanes) is 3. The van der Waals surface area contributed by atoms with Crippen LogP contribution in [0.5, 0.6) is 0 Å². The lowest BCUT2D eigenvalue weighted by Gasteiger charge is -2.27. The average Bonchev–Trinajstić information content (AvgIpc) is 2.40. The van der Waals surface area contributed by atoms with Gasteiger partial charge in [-0.05, 0) is 25.1 Å². The van der Waals surface area contributed by atoms with E-state index in [-0.39, 0.29) is 0 Å². The zero-order chi connectivity index (χ0) is 13.7. The molecule has 0 amide bonds. The van der Waals surface area contributed by atoms with Gasteiger partial charge in [0.2, 0.25) is 0 Å². The van der Waals surface area contributed by atoms with E-state index < -0.39 is 8.07 Å². The summed E-state index contributed by atoms with van der Waals surface area (Å²) in [6.45, 7) is 11.9. The van der Waals surface area contributed by atoms with E-state index in [4.69, 9.17) is 0 Å². The second kappa shape index (κ2) is 11.7. The number of aliphatic imine (C=N–C) groups is 1. The minimum Gasteiger partial charge on any atom is -0.298 e. The van der Waals surface area contributed by atoms with E-state index in [1.54, 1.807) is 0 Å². The highest BCUT2D eigenvalue weighted by molar-refractivity contribution is 6.80. The van der Waals surface area contributed by atoms with Gasteiger partial charge in [0.05, 0.1) is 8.07 Å². The van der Waals surface area contributed by atoms with Crippen LogP contribution in [0, 0.1) is 0 Å². The molecule has 0 rings (SSSR count). The first kappa shape index (κ1) is 17.6. The molecule has 0 aromatic heterocycles. The fourth-order valence-corrected chi connectivity index (χ4v) is 5.83. The molecule has 0 saturated heterocycles. The predicted octanol–water partition coefficient (Wildman–Crippen LogP) is 5.70. The van der Waals surface area contributed by atoms with Crippen LogP contribution >= 0.6 is 0 Å². The van der Waals surface area contributed by atoms with Gasteiger partial charge >= 0.3 is 0 Å². The summed E-state index contributed by atoms with van der Waals surface area (Å²) in [5, 5.41) is 0. The summed E-state index contributed by atoms with van der Waals surface area (Å²) in [6, 6.07) is 5.45. The highest BCUT2D eigenvalue weighted by Crippen LogP contribution is 2.26. The molecule has 0 aromatic carbocycles. The van der Waals surface area contributed by atoms with E-state index >= 15 is 0 Å². The molecular formula is C16H33NSi. The maximum atomic E-state index is 4.55. The Bertz CT molecular complexity index is 219. The molecular weight excluding hydrogens is 234 g/mol. The molecule has 0 spiro atoms. The largest absolute Gasteiger partial charge is 0.298 e. The predicted molar refractivity (Wildman–Crippen MR) is 88.6 cm³/mol. The van der Waals surface area contributed by atoms with Gasteiger partial charge in [-0.1, -0.05) is 64.2 Å². The van der Waals surface area contributed by atoms with Crippen LogP contribution in [-0.2, 0) is 0 Å². The van der Waals surface area contributed by atoms with Crippen molar-refractivity contribution in [2.24, 2.45) is 4.99 Å². The number of hydrogen-bond donors (Lipinski definition) is 0. The molecule has 0 unspecified atom stereocenters. The van der Waals surface area contributed by atoms with Gasteiger partial charge in [0.1, 0.15) is 0 Å². The average molecular weight is 268 g/mol. The number of hydrogen-bond acceptors (Lipinski definition) is 1. The summed E-state index contributed by atoms with van der Waals surface area (Å²) < 4.78 is 0. The smallest absolute Gasteiger partial charge is 0.0571 e. The Hall–Kier alpha value is -0.373. The van der Waals surface area contributed by atoms with Crippen LogP contribution in [0.4, 0.5) is 0 Å². The van der Waals surface area contributed by atoms with Crippen LogP contribution in [0.2, 0.25) is 24.2 Å². The Morgan fingerprint density at radius 1 is 1.06 bits per heavy atom. The van der Waals surface area contributed by atoms with Crippen molar-refractivity contribution in [3.8, 4) is 0 Å². The molecule has 0 bridgehead atoms. The maximum Gasteiger partial charge on any atom is 0.0571 e. The third-order valence-corrected chi connectivity index (χ3v) is 9.66. The minimum atomic E-state index is -1.03. The Balaban J connectivity index is 3.78. The summed E-state index contributed by atoms with van der Waals surface area (Å²) in [5.41, 5.74) is 0. The van der Waals surface area contributed by atoms with E-state index in [9.17, 15) is 0 Å². The van der Waals surface area contributed by atoms with Crippen LogP contribution in [0.15, 0.2) is 17.6 Å². The molecule has 0 heterocycles. The summed E-state index contributed by atoms with van der Waals surface area (Å²) in [4.78, 5) is 4.55. The molecule has 106 valence electrons. The normalized spacial score (nSPS) is 12.2. The quantitative estimate of drug-likeness (QED) is 0.186. The molecule has 0 aromatic rings. The van der Waals surface area contributed by atoms with E-state index in [2.05, 4.69) is 44.6 Å². The van der Waals surface area contributed by atoms with Gasteiger partial charge < -0.3 is 0 Å². The fourth-order valence-electron chi connectivity index (χ4n) is 2.48. The highest BCUT2D eigenvalue weighted by Gasteiger charge is 2.25. The molecule has 0 aliphatic carbocycles. The van der Waals surface area contributed by atoms with E-state index in [1.165, 1.54) is 56.3 Å². The molecule has 0 N–H and O–H groups in total. The Labute approximate surface area is 116 Å².